The Kier molecular flexibility index (Phi) is 5.88. The molecule has 1 unspecified atom stereocenters. The molecule has 29 heavy (non-hydrogen) atoms. The summed E-state index contributed by atoms with van der Waals surface area (Å²) < 4.78 is 0. The molecule has 2 N–H and O–H groups in total. The number of rotatable bonds is 4. The van der Waals surface area contributed by atoms with Crippen LogP contribution in [0.3, 0.4) is 0 Å². The molecule has 2 amide bonds. The van der Waals surface area contributed by atoms with Gasteiger partial charge < -0.3 is 15.3 Å². The summed E-state index contributed by atoms with van der Waals surface area (Å²) >= 11 is 0. The SMILES string of the molecule is Cc1nc(C(=O)Nc2cccc(C(=O)N3CCCCC3C(=O)O)c2)ccc1C#N. The molecule has 148 valence electrons. The number of aryl methyl sites for hydroxylation is 1. The molecule has 1 aromatic carbocycles. The number of hydrogen-bond acceptors (Lipinski definition) is 5. The van der Waals surface area contributed by atoms with Gasteiger partial charge in [0.2, 0.25) is 0 Å². The first-order chi connectivity index (χ1) is 13.9. The first kappa shape index (κ1) is 20.0. The van der Waals surface area contributed by atoms with Gasteiger partial charge in [0.1, 0.15) is 17.8 Å². The number of aliphatic carboxylic acids is 1. The second-order valence-electron chi connectivity index (χ2n) is 6.82. The van der Waals surface area contributed by atoms with Crippen molar-refractivity contribution in [1.29, 1.82) is 5.26 Å². The Balaban J connectivity index is 1.78. The van der Waals surface area contributed by atoms with Crippen molar-refractivity contribution in [3.8, 4) is 6.07 Å². The lowest BCUT2D eigenvalue weighted by Gasteiger charge is -2.33. The van der Waals surface area contributed by atoms with Crippen LogP contribution in [-0.2, 0) is 4.79 Å². The van der Waals surface area contributed by atoms with Crippen molar-refractivity contribution in [2.45, 2.75) is 32.2 Å². The number of nitrogens with one attached hydrogen (secondary N) is 1. The van der Waals surface area contributed by atoms with Gasteiger partial charge in [-0.3, -0.25) is 9.59 Å². The third kappa shape index (κ3) is 4.41. The lowest BCUT2D eigenvalue weighted by atomic mass is 10.0. The van der Waals surface area contributed by atoms with E-state index < -0.39 is 17.9 Å². The Labute approximate surface area is 167 Å². The van der Waals surface area contributed by atoms with Crippen molar-refractivity contribution in [2.24, 2.45) is 0 Å². The second kappa shape index (κ2) is 8.52. The maximum absolute atomic E-state index is 12.8. The summed E-state index contributed by atoms with van der Waals surface area (Å²) in [4.78, 5) is 42.3. The minimum absolute atomic E-state index is 0.153. The first-order valence-corrected chi connectivity index (χ1v) is 9.23. The van der Waals surface area contributed by atoms with Crippen molar-refractivity contribution >= 4 is 23.5 Å². The highest BCUT2D eigenvalue weighted by Crippen LogP contribution is 2.21. The predicted octanol–water partition coefficient (Wildman–Crippen LogP) is 2.59. The molecule has 3 rings (SSSR count). The fourth-order valence-corrected chi connectivity index (χ4v) is 3.33. The number of piperidine rings is 1. The van der Waals surface area contributed by atoms with Crippen LogP contribution in [0, 0.1) is 18.3 Å². The van der Waals surface area contributed by atoms with Gasteiger partial charge in [0.15, 0.2) is 0 Å². The molecule has 8 nitrogen and oxygen atoms in total. The van der Waals surface area contributed by atoms with Crippen LogP contribution in [-0.4, -0.2) is 45.4 Å². The summed E-state index contributed by atoms with van der Waals surface area (Å²) in [5.41, 5.74) is 1.70. The maximum atomic E-state index is 12.8. The molecule has 2 aromatic rings. The molecule has 1 fully saturated rings. The van der Waals surface area contributed by atoms with Crippen LogP contribution in [0.4, 0.5) is 5.69 Å². The van der Waals surface area contributed by atoms with E-state index in [-0.39, 0.29) is 11.6 Å². The van der Waals surface area contributed by atoms with Crippen molar-refractivity contribution < 1.29 is 19.5 Å². The number of hydrogen-bond donors (Lipinski definition) is 2. The van der Waals surface area contributed by atoms with E-state index in [2.05, 4.69) is 10.3 Å². The number of pyridine rings is 1. The summed E-state index contributed by atoms with van der Waals surface area (Å²) in [7, 11) is 0. The number of nitriles is 1. The standard InChI is InChI=1S/C21H20N4O4/c1-13-15(12-22)8-9-17(23-13)19(26)24-16-6-4-5-14(11-16)20(27)25-10-3-2-7-18(25)21(28)29/h4-6,8-9,11,18H,2-3,7,10H2,1H3,(H,24,26)(H,28,29). The van der Waals surface area contributed by atoms with Gasteiger partial charge in [-0.1, -0.05) is 6.07 Å². The molecule has 8 heteroatoms. The largest absolute Gasteiger partial charge is 0.480 e. The van der Waals surface area contributed by atoms with Crippen molar-refractivity contribution in [1.82, 2.24) is 9.88 Å². The molecular formula is C21H20N4O4. The number of carbonyl (C=O) groups excluding carboxylic acids is 2. The normalized spacial score (nSPS) is 16.0. The monoisotopic (exact) mass is 392 g/mol. The Morgan fingerprint density at radius 3 is 2.72 bits per heavy atom. The zero-order valence-electron chi connectivity index (χ0n) is 15.9. The molecule has 1 aliphatic heterocycles. The Hall–Kier alpha value is -3.73. The fourth-order valence-electron chi connectivity index (χ4n) is 3.33. The highest BCUT2D eigenvalue weighted by Gasteiger charge is 2.32. The molecule has 1 atom stereocenters. The highest BCUT2D eigenvalue weighted by atomic mass is 16.4. The van der Waals surface area contributed by atoms with Crippen molar-refractivity contribution in [3.63, 3.8) is 0 Å². The maximum Gasteiger partial charge on any atom is 0.326 e. The molecule has 0 saturated carbocycles. The fraction of sp³-hybridized carbons (Fsp3) is 0.286. The van der Waals surface area contributed by atoms with Crippen LogP contribution >= 0.6 is 0 Å². The van der Waals surface area contributed by atoms with Gasteiger partial charge in [-0.25, -0.2) is 9.78 Å². The number of benzene rings is 1. The lowest BCUT2D eigenvalue weighted by Crippen LogP contribution is -2.48. The molecule has 0 bridgehead atoms. The van der Waals surface area contributed by atoms with Gasteiger partial charge in [0.05, 0.1) is 11.3 Å². The minimum atomic E-state index is -1.01. The summed E-state index contributed by atoms with van der Waals surface area (Å²) in [6.07, 6.45) is 1.96. The molecule has 0 spiro atoms. The number of carbonyl (C=O) groups is 3. The van der Waals surface area contributed by atoms with Crippen molar-refractivity contribution in [2.75, 3.05) is 11.9 Å². The van der Waals surface area contributed by atoms with E-state index in [1.165, 1.54) is 23.1 Å². The first-order valence-electron chi connectivity index (χ1n) is 9.23. The smallest absolute Gasteiger partial charge is 0.326 e. The summed E-state index contributed by atoms with van der Waals surface area (Å²) in [5.74, 6) is -1.85. The van der Waals surface area contributed by atoms with Crippen LogP contribution in [0.25, 0.3) is 0 Å². The van der Waals surface area contributed by atoms with Gasteiger partial charge in [-0.05, 0) is 56.5 Å². The van der Waals surface area contributed by atoms with Crippen LogP contribution in [0.2, 0.25) is 0 Å². The number of carboxylic acids is 1. The average Bonchev–Trinajstić information content (AvgIpc) is 2.73. The van der Waals surface area contributed by atoms with Gasteiger partial charge >= 0.3 is 5.97 Å². The van der Waals surface area contributed by atoms with E-state index in [1.54, 1.807) is 25.1 Å². The zero-order chi connectivity index (χ0) is 21.0. The van der Waals surface area contributed by atoms with Crippen molar-refractivity contribution in [3.05, 3.63) is 58.9 Å². The molecule has 0 aliphatic carbocycles. The number of amides is 2. The minimum Gasteiger partial charge on any atom is -0.480 e. The Morgan fingerprint density at radius 2 is 2.03 bits per heavy atom. The molecule has 1 aliphatic rings. The van der Waals surface area contributed by atoms with Gasteiger partial charge in [-0.15, -0.1) is 0 Å². The van der Waals surface area contributed by atoms with Crippen LogP contribution in [0.1, 0.15) is 51.4 Å². The average molecular weight is 392 g/mol. The van der Waals surface area contributed by atoms with E-state index >= 15 is 0 Å². The topological polar surface area (TPSA) is 123 Å². The Bertz CT molecular complexity index is 1010. The molecule has 1 saturated heterocycles. The second-order valence-corrected chi connectivity index (χ2v) is 6.82. The van der Waals surface area contributed by atoms with Crippen LogP contribution in [0.15, 0.2) is 36.4 Å². The van der Waals surface area contributed by atoms with E-state index in [0.29, 0.717) is 35.5 Å². The number of aromatic nitrogens is 1. The number of carboxylic acid groups (broad SMARTS) is 1. The third-order valence-electron chi connectivity index (χ3n) is 4.86. The summed E-state index contributed by atoms with van der Waals surface area (Å²) in [6, 6.07) is 10.5. The lowest BCUT2D eigenvalue weighted by molar-refractivity contribution is -0.143. The number of anilines is 1. The van der Waals surface area contributed by atoms with Gasteiger partial charge in [-0.2, -0.15) is 5.26 Å². The predicted molar refractivity (Wildman–Crippen MR) is 104 cm³/mol. The molecule has 0 radical (unpaired) electrons. The number of nitrogens with zero attached hydrogens (tertiary/aromatic N) is 3. The number of likely N-dealkylation sites (tertiary alicyclic amines) is 1. The molecule has 2 heterocycles. The molecule has 1 aromatic heterocycles. The van der Waals surface area contributed by atoms with E-state index in [9.17, 15) is 19.5 Å². The zero-order valence-corrected chi connectivity index (χ0v) is 15.9. The summed E-state index contributed by atoms with van der Waals surface area (Å²) in [6.45, 7) is 2.03. The van der Waals surface area contributed by atoms with Crippen LogP contribution < -0.4 is 5.32 Å². The highest BCUT2D eigenvalue weighted by molar-refractivity contribution is 6.04. The Morgan fingerprint density at radius 1 is 1.24 bits per heavy atom. The van der Waals surface area contributed by atoms with E-state index in [0.717, 1.165) is 12.8 Å². The van der Waals surface area contributed by atoms with E-state index in [1.807, 2.05) is 6.07 Å². The van der Waals surface area contributed by atoms with Gasteiger partial charge in [0, 0.05) is 17.8 Å². The quantitative estimate of drug-likeness (QED) is 0.824. The third-order valence-corrected chi connectivity index (χ3v) is 4.86. The summed E-state index contributed by atoms with van der Waals surface area (Å²) in [5, 5.41) is 21.0. The van der Waals surface area contributed by atoms with Gasteiger partial charge in [0.25, 0.3) is 11.8 Å². The van der Waals surface area contributed by atoms with Crippen LogP contribution in [0.5, 0.6) is 0 Å². The van der Waals surface area contributed by atoms with E-state index in [4.69, 9.17) is 5.26 Å². The molecular weight excluding hydrogens is 372 g/mol.